The number of likely N-dealkylation sites (N-methyl/N-ethyl adjacent to an activating group) is 1. The number of hydrogen-bond acceptors (Lipinski definition) is 1. The number of nitrogens with zero attached hydrogens (tertiary/aromatic N) is 1. The summed E-state index contributed by atoms with van der Waals surface area (Å²) >= 11 is 0. The van der Waals surface area contributed by atoms with E-state index in [1.54, 1.807) is 5.56 Å². The molecular weight excluding hydrogens is 146 g/mol. The number of hydrogen-bond donors (Lipinski definition) is 0. The molecule has 0 N–H and O–H groups in total. The third kappa shape index (κ3) is 0.603. The van der Waals surface area contributed by atoms with E-state index in [0.29, 0.717) is 0 Å². The molecule has 2 atom stereocenters. The summed E-state index contributed by atoms with van der Waals surface area (Å²) in [7, 11) is 2.23. The van der Waals surface area contributed by atoms with Crippen LogP contribution in [0.25, 0.3) is 0 Å². The van der Waals surface area contributed by atoms with Gasteiger partial charge >= 0.3 is 0 Å². The van der Waals surface area contributed by atoms with Crippen molar-refractivity contribution >= 4 is 5.69 Å². The average Bonchev–Trinajstić information content (AvgIpc) is 2.77. The van der Waals surface area contributed by atoms with E-state index >= 15 is 0 Å². The van der Waals surface area contributed by atoms with E-state index in [0.717, 1.165) is 12.0 Å². The molecular formula is C11H13N. The minimum absolute atomic E-state index is 0.834. The summed E-state index contributed by atoms with van der Waals surface area (Å²) in [6.07, 6.45) is 1.38. The van der Waals surface area contributed by atoms with Gasteiger partial charge in [-0.15, -0.1) is 0 Å². The van der Waals surface area contributed by atoms with E-state index in [1.165, 1.54) is 17.7 Å². The van der Waals surface area contributed by atoms with Crippen LogP contribution in [-0.2, 0) is 0 Å². The lowest BCUT2D eigenvalue weighted by atomic mass is 10.1. The Morgan fingerprint density at radius 2 is 2.25 bits per heavy atom. The Morgan fingerprint density at radius 1 is 1.42 bits per heavy atom. The molecule has 1 aromatic rings. The maximum Gasteiger partial charge on any atom is 0.0432 e. The van der Waals surface area contributed by atoms with Crippen LogP contribution in [0, 0.1) is 6.92 Å². The first kappa shape index (κ1) is 6.53. The summed E-state index contributed by atoms with van der Waals surface area (Å²) in [6, 6.07) is 7.51. The Morgan fingerprint density at radius 3 is 3.00 bits per heavy atom. The lowest BCUT2D eigenvalue weighted by Gasteiger charge is -2.18. The second-order valence-corrected chi connectivity index (χ2v) is 4.03. The first-order valence-electron chi connectivity index (χ1n) is 4.61. The summed E-state index contributed by atoms with van der Waals surface area (Å²) in [5, 5.41) is 0. The van der Waals surface area contributed by atoms with Gasteiger partial charge in [-0.2, -0.15) is 0 Å². The lowest BCUT2D eigenvalue weighted by Crippen LogP contribution is -2.17. The smallest absolute Gasteiger partial charge is 0.0432 e. The van der Waals surface area contributed by atoms with E-state index in [2.05, 4.69) is 37.1 Å². The van der Waals surface area contributed by atoms with Crippen molar-refractivity contribution in [3.63, 3.8) is 0 Å². The third-order valence-corrected chi connectivity index (χ3v) is 3.28. The van der Waals surface area contributed by atoms with Crippen molar-refractivity contribution < 1.29 is 0 Å². The maximum atomic E-state index is 2.45. The maximum absolute atomic E-state index is 2.45. The zero-order valence-corrected chi connectivity index (χ0v) is 7.54. The summed E-state index contributed by atoms with van der Waals surface area (Å²) < 4.78 is 0. The molecule has 1 fully saturated rings. The van der Waals surface area contributed by atoms with Gasteiger partial charge in [0, 0.05) is 24.7 Å². The second-order valence-electron chi connectivity index (χ2n) is 4.03. The van der Waals surface area contributed by atoms with E-state index in [9.17, 15) is 0 Å². The molecule has 12 heavy (non-hydrogen) atoms. The number of benzene rings is 1. The molecule has 0 aromatic heterocycles. The van der Waals surface area contributed by atoms with Gasteiger partial charge in [-0.3, -0.25) is 0 Å². The second kappa shape index (κ2) is 1.85. The number of fused-ring (bicyclic) bond motifs is 3. The van der Waals surface area contributed by atoms with Crippen molar-refractivity contribution in [3.05, 3.63) is 29.3 Å². The lowest BCUT2D eigenvalue weighted by molar-refractivity contribution is 0.933. The van der Waals surface area contributed by atoms with Gasteiger partial charge in [0.15, 0.2) is 0 Å². The van der Waals surface area contributed by atoms with Gasteiger partial charge in [0.25, 0.3) is 0 Å². The largest absolute Gasteiger partial charge is 0.371 e. The normalized spacial score (nSPS) is 30.0. The Bertz CT molecular complexity index is 343. The highest BCUT2D eigenvalue weighted by atomic mass is 15.2. The summed E-state index contributed by atoms with van der Waals surface area (Å²) in [4.78, 5) is 2.45. The van der Waals surface area contributed by atoms with Crippen molar-refractivity contribution in [2.45, 2.75) is 25.3 Å². The van der Waals surface area contributed by atoms with Crippen molar-refractivity contribution in [2.24, 2.45) is 0 Å². The van der Waals surface area contributed by atoms with Gasteiger partial charge in [-0.25, -0.2) is 0 Å². The zero-order chi connectivity index (χ0) is 8.29. The molecule has 1 aliphatic heterocycles. The van der Waals surface area contributed by atoms with Gasteiger partial charge in [0.1, 0.15) is 0 Å². The number of para-hydroxylation sites is 1. The van der Waals surface area contributed by atoms with Crippen LogP contribution in [0.5, 0.6) is 0 Å². The topological polar surface area (TPSA) is 3.24 Å². The minimum Gasteiger partial charge on any atom is -0.371 e. The quantitative estimate of drug-likeness (QED) is 0.561. The van der Waals surface area contributed by atoms with Gasteiger partial charge < -0.3 is 4.90 Å². The van der Waals surface area contributed by atoms with Gasteiger partial charge in [-0.1, -0.05) is 18.2 Å². The van der Waals surface area contributed by atoms with Crippen LogP contribution in [-0.4, -0.2) is 13.1 Å². The predicted molar refractivity (Wildman–Crippen MR) is 50.7 cm³/mol. The highest BCUT2D eigenvalue weighted by molar-refractivity contribution is 5.69. The molecule has 1 saturated carbocycles. The molecule has 1 aromatic carbocycles. The molecule has 1 nitrogen and oxygen atoms in total. The Labute approximate surface area is 73.0 Å². The molecule has 0 spiro atoms. The monoisotopic (exact) mass is 159 g/mol. The summed E-state index contributed by atoms with van der Waals surface area (Å²) in [6.45, 7) is 2.21. The molecule has 1 heteroatoms. The highest BCUT2D eigenvalue weighted by Crippen LogP contribution is 2.55. The van der Waals surface area contributed by atoms with Gasteiger partial charge in [0.2, 0.25) is 0 Å². The average molecular weight is 159 g/mol. The molecule has 0 radical (unpaired) electrons. The standard InChI is InChI=1S/C11H13N/c1-7-4-3-5-8-9-6-10(9)12(2)11(7)8/h3-5,9-10H,6H2,1-2H3. The van der Waals surface area contributed by atoms with Crippen LogP contribution in [0.15, 0.2) is 18.2 Å². The SMILES string of the molecule is Cc1cccc2c1N(C)C1CC21. The van der Waals surface area contributed by atoms with E-state index in [4.69, 9.17) is 0 Å². The van der Waals surface area contributed by atoms with E-state index in [-0.39, 0.29) is 0 Å². The Balaban J connectivity index is 2.25. The van der Waals surface area contributed by atoms with Crippen molar-refractivity contribution in [2.75, 3.05) is 11.9 Å². The van der Waals surface area contributed by atoms with Gasteiger partial charge in [-0.05, 0) is 24.5 Å². The molecule has 0 bridgehead atoms. The van der Waals surface area contributed by atoms with E-state index < -0.39 is 0 Å². The molecule has 0 saturated heterocycles. The van der Waals surface area contributed by atoms with Crippen molar-refractivity contribution in [3.8, 4) is 0 Å². The Kier molecular flexibility index (Phi) is 1.00. The molecule has 62 valence electrons. The zero-order valence-electron chi connectivity index (χ0n) is 7.54. The summed E-state index contributed by atoms with van der Waals surface area (Å²) in [5.74, 6) is 0.866. The first-order chi connectivity index (χ1) is 5.79. The predicted octanol–water partition coefficient (Wildman–Crippen LogP) is 2.30. The molecule has 1 heterocycles. The van der Waals surface area contributed by atoms with Crippen molar-refractivity contribution in [1.29, 1.82) is 0 Å². The first-order valence-corrected chi connectivity index (χ1v) is 4.61. The fourth-order valence-corrected chi connectivity index (χ4v) is 2.57. The van der Waals surface area contributed by atoms with Crippen LogP contribution in [0.2, 0.25) is 0 Å². The molecule has 2 aliphatic rings. The molecule has 2 unspecified atom stereocenters. The molecule has 1 aliphatic carbocycles. The minimum atomic E-state index is 0.834. The van der Waals surface area contributed by atoms with Crippen molar-refractivity contribution in [1.82, 2.24) is 0 Å². The number of aryl methyl sites for hydroxylation is 1. The molecule has 3 rings (SSSR count). The Hall–Kier alpha value is -0.980. The van der Waals surface area contributed by atoms with Crippen LogP contribution in [0.4, 0.5) is 5.69 Å². The van der Waals surface area contributed by atoms with Crippen LogP contribution in [0.1, 0.15) is 23.5 Å². The molecule has 0 amide bonds. The number of rotatable bonds is 0. The van der Waals surface area contributed by atoms with Crippen LogP contribution in [0.3, 0.4) is 0 Å². The highest BCUT2D eigenvalue weighted by Gasteiger charge is 2.49. The van der Waals surface area contributed by atoms with Crippen LogP contribution < -0.4 is 4.90 Å². The number of anilines is 1. The third-order valence-electron chi connectivity index (χ3n) is 3.28. The fourth-order valence-electron chi connectivity index (χ4n) is 2.57. The summed E-state index contributed by atoms with van der Waals surface area (Å²) in [5.41, 5.74) is 4.52. The fraction of sp³-hybridized carbons (Fsp3) is 0.455. The van der Waals surface area contributed by atoms with Crippen LogP contribution >= 0.6 is 0 Å². The van der Waals surface area contributed by atoms with Gasteiger partial charge in [0.05, 0.1) is 0 Å². The van der Waals surface area contributed by atoms with E-state index in [1.807, 2.05) is 0 Å².